The second-order valence-corrected chi connectivity index (χ2v) is 6.44. The van der Waals surface area contributed by atoms with Crippen LogP contribution in [-0.2, 0) is 19.6 Å². The van der Waals surface area contributed by atoms with Gasteiger partial charge in [-0.1, -0.05) is 12.1 Å². The van der Waals surface area contributed by atoms with Crippen molar-refractivity contribution in [2.24, 2.45) is 5.73 Å². The number of hydrogen-bond donors (Lipinski definition) is 4. The molecule has 0 unspecified atom stereocenters. The van der Waals surface area contributed by atoms with E-state index in [4.69, 9.17) is 11.1 Å². The van der Waals surface area contributed by atoms with Crippen molar-refractivity contribution in [3.8, 4) is 0 Å². The van der Waals surface area contributed by atoms with Crippen LogP contribution >= 0.6 is 0 Å². The van der Waals surface area contributed by atoms with Crippen molar-refractivity contribution in [1.29, 1.82) is 5.41 Å². The molecule has 0 amide bonds. The smallest absolute Gasteiger partial charge is 0.339 e. The number of nitrogens with one attached hydrogen (secondary N) is 3. The largest absolute Gasteiger partial charge is 0.465 e. The van der Waals surface area contributed by atoms with Crippen molar-refractivity contribution in [3.05, 3.63) is 29.8 Å². The summed E-state index contributed by atoms with van der Waals surface area (Å²) in [4.78, 5) is 22.4. The molecule has 0 spiro atoms. The number of carbonyl (C=O) groups excluding carboxylic acids is 2. The zero-order chi connectivity index (χ0) is 18.2. The molecule has 0 aromatic heterocycles. The molecule has 0 fully saturated rings. The van der Waals surface area contributed by atoms with Crippen molar-refractivity contribution >= 4 is 28.2 Å². The van der Waals surface area contributed by atoms with Crippen LogP contribution < -0.4 is 15.8 Å². The fourth-order valence-corrected chi connectivity index (χ4v) is 3.27. The summed E-state index contributed by atoms with van der Waals surface area (Å²) in [6.07, 6.45) is 2.16. The molecule has 9 nitrogen and oxygen atoms in total. The highest BCUT2D eigenvalue weighted by Gasteiger charge is 2.25. The Morgan fingerprint density at radius 2 is 2.08 bits per heavy atom. The van der Waals surface area contributed by atoms with Crippen LogP contribution in [0.4, 0.5) is 0 Å². The minimum atomic E-state index is -4.11. The Morgan fingerprint density at radius 3 is 2.67 bits per heavy atom. The van der Waals surface area contributed by atoms with Gasteiger partial charge in [0.25, 0.3) is 0 Å². The van der Waals surface area contributed by atoms with Crippen molar-refractivity contribution in [2.45, 2.75) is 23.8 Å². The quantitative estimate of drug-likeness (QED) is 0.201. The number of sulfonamides is 1. The second-order valence-electron chi connectivity index (χ2n) is 4.76. The van der Waals surface area contributed by atoms with E-state index in [0.717, 1.165) is 7.11 Å². The van der Waals surface area contributed by atoms with Crippen LogP contribution in [0.15, 0.2) is 29.2 Å². The Morgan fingerprint density at radius 1 is 1.42 bits per heavy atom. The number of nitrogens with two attached hydrogens (primary N) is 1. The van der Waals surface area contributed by atoms with Crippen LogP contribution in [0.25, 0.3) is 0 Å². The molecule has 5 N–H and O–H groups in total. The van der Waals surface area contributed by atoms with E-state index in [1.165, 1.54) is 24.3 Å². The first-order valence-corrected chi connectivity index (χ1v) is 8.45. The van der Waals surface area contributed by atoms with Gasteiger partial charge in [0.1, 0.15) is 0 Å². The maximum Gasteiger partial charge on any atom is 0.339 e. The molecule has 1 rings (SSSR count). The topological polar surface area (TPSA) is 151 Å². The molecule has 24 heavy (non-hydrogen) atoms. The first kappa shape index (κ1) is 19.6. The van der Waals surface area contributed by atoms with E-state index in [0.29, 0.717) is 13.0 Å². The molecule has 1 radical (unpaired) electrons. The lowest BCUT2D eigenvalue weighted by Crippen LogP contribution is -2.38. The van der Waals surface area contributed by atoms with Crippen molar-refractivity contribution in [2.75, 3.05) is 13.7 Å². The van der Waals surface area contributed by atoms with E-state index in [9.17, 15) is 18.0 Å². The van der Waals surface area contributed by atoms with Crippen LogP contribution in [0.1, 0.15) is 23.2 Å². The third-order valence-corrected chi connectivity index (χ3v) is 4.54. The molecule has 0 aliphatic rings. The van der Waals surface area contributed by atoms with Crippen LogP contribution in [-0.4, -0.2) is 46.3 Å². The zero-order valence-corrected chi connectivity index (χ0v) is 13.9. The number of rotatable bonds is 9. The molecule has 0 saturated carbocycles. The number of ether oxygens (including phenoxy) is 1. The van der Waals surface area contributed by atoms with E-state index < -0.39 is 22.0 Å². The number of carbonyl (C=O) groups is 1. The lowest BCUT2D eigenvalue weighted by Gasteiger charge is -2.14. The highest BCUT2D eigenvalue weighted by molar-refractivity contribution is 7.89. The van der Waals surface area contributed by atoms with Crippen molar-refractivity contribution < 1.29 is 22.7 Å². The highest BCUT2D eigenvalue weighted by atomic mass is 32.2. The van der Waals surface area contributed by atoms with Gasteiger partial charge in [0.15, 0.2) is 5.96 Å². The van der Waals surface area contributed by atoms with Gasteiger partial charge < -0.3 is 15.8 Å². The van der Waals surface area contributed by atoms with Gasteiger partial charge in [-0.25, -0.2) is 17.9 Å². The predicted molar refractivity (Wildman–Crippen MR) is 86.7 cm³/mol. The second kappa shape index (κ2) is 8.99. The summed E-state index contributed by atoms with van der Waals surface area (Å²) in [7, 11) is -2.97. The first-order valence-electron chi connectivity index (χ1n) is 6.97. The Hall–Kier alpha value is -2.46. The monoisotopic (exact) mass is 355 g/mol. The predicted octanol–water partition coefficient (Wildman–Crippen LogP) is -0.507. The number of esters is 1. The summed E-state index contributed by atoms with van der Waals surface area (Å²) < 4.78 is 31.6. The van der Waals surface area contributed by atoms with Crippen LogP contribution in [0.2, 0.25) is 0 Å². The summed E-state index contributed by atoms with van der Waals surface area (Å²) in [6.45, 7) is 0.313. The molecule has 0 heterocycles. The number of hydrogen-bond acceptors (Lipinski definition) is 6. The average Bonchev–Trinajstić information content (AvgIpc) is 2.56. The minimum Gasteiger partial charge on any atom is -0.465 e. The lowest BCUT2D eigenvalue weighted by molar-refractivity contribution is 0.0596. The van der Waals surface area contributed by atoms with E-state index in [1.54, 1.807) is 6.29 Å². The lowest BCUT2D eigenvalue weighted by atomic mass is 10.2. The van der Waals surface area contributed by atoms with Gasteiger partial charge in [0, 0.05) is 6.54 Å². The Labute approximate surface area is 140 Å². The standard InChI is InChI=1S/C14H19N4O5S/c1-23-13(20)11-6-2-3-7-12(11)24(21,22)18-10(9-19)5-4-8-17-14(15)16/h2-3,6-7,10,18H,4-5,8H2,1H3,(H4,15,16,17)/t10-/m0/s1. The number of guanidine groups is 1. The molecule has 0 aliphatic carbocycles. The van der Waals surface area contributed by atoms with Crippen LogP contribution in [0, 0.1) is 5.41 Å². The molecule has 1 aromatic rings. The molecule has 0 bridgehead atoms. The normalized spacial score (nSPS) is 12.2. The SMILES string of the molecule is COC(=O)c1ccccc1S(=O)(=O)N[C@H]([C]=O)CCCNC(=N)N. The van der Waals surface area contributed by atoms with Crippen molar-refractivity contribution in [3.63, 3.8) is 0 Å². The van der Waals surface area contributed by atoms with E-state index >= 15 is 0 Å². The minimum absolute atomic E-state index is 0.129. The van der Waals surface area contributed by atoms with Gasteiger partial charge in [-0.2, -0.15) is 0 Å². The molecule has 0 aliphatic heterocycles. The fourth-order valence-electron chi connectivity index (χ4n) is 1.90. The van der Waals surface area contributed by atoms with Crippen LogP contribution in [0.5, 0.6) is 0 Å². The summed E-state index contributed by atoms with van der Waals surface area (Å²) in [5.74, 6) is -1.01. The van der Waals surface area contributed by atoms with Gasteiger partial charge >= 0.3 is 5.97 Å². The van der Waals surface area contributed by atoms with Gasteiger partial charge in [-0.15, -0.1) is 0 Å². The van der Waals surface area contributed by atoms with Gasteiger partial charge in [-0.3, -0.25) is 10.2 Å². The molecular weight excluding hydrogens is 336 g/mol. The van der Waals surface area contributed by atoms with E-state index in [-0.39, 0.29) is 22.8 Å². The average molecular weight is 355 g/mol. The van der Waals surface area contributed by atoms with E-state index in [2.05, 4.69) is 14.8 Å². The van der Waals surface area contributed by atoms with Gasteiger partial charge in [0.2, 0.25) is 16.3 Å². The summed E-state index contributed by atoms with van der Waals surface area (Å²) >= 11 is 0. The molecule has 1 atom stereocenters. The maximum atomic E-state index is 12.4. The summed E-state index contributed by atoms with van der Waals surface area (Å²) in [5.41, 5.74) is 4.99. The molecular formula is C14H19N4O5S. The van der Waals surface area contributed by atoms with Gasteiger partial charge in [0.05, 0.1) is 23.6 Å². The number of methoxy groups -OCH3 is 1. The Balaban J connectivity index is 2.86. The molecule has 1 aromatic carbocycles. The summed E-state index contributed by atoms with van der Waals surface area (Å²) in [6, 6.07) is 4.43. The zero-order valence-electron chi connectivity index (χ0n) is 13.0. The van der Waals surface area contributed by atoms with E-state index in [1.807, 2.05) is 0 Å². The Bertz CT molecular complexity index is 705. The molecule has 131 valence electrons. The number of benzene rings is 1. The highest BCUT2D eigenvalue weighted by Crippen LogP contribution is 2.17. The third kappa shape index (κ3) is 5.63. The maximum absolute atomic E-state index is 12.4. The third-order valence-electron chi connectivity index (χ3n) is 3.01. The fraction of sp³-hybridized carbons (Fsp3) is 0.357. The molecule has 10 heteroatoms. The summed E-state index contributed by atoms with van der Waals surface area (Å²) in [5, 5.41) is 9.54. The van der Waals surface area contributed by atoms with Crippen LogP contribution in [0.3, 0.4) is 0 Å². The first-order chi connectivity index (χ1) is 11.3. The van der Waals surface area contributed by atoms with Gasteiger partial charge in [-0.05, 0) is 25.0 Å². The Kier molecular flexibility index (Phi) is 7.33. The van der Waals surface area contributed by atoms with Crippen molar-refractivity contribution in [1.82, 2.24) is 10.0 Å². The molecule has 0 saturated heterocycles.